The van der Waals surface area contributed by atoms with Gasteiger partial charge in [0.25, 0.3) is 0 Å². The van der Waals surface area contributed by atoms with Crippen molar-refractivity contribution in [2.24, 2.45) is 11.5 Å². The molecule has 0 aromatic rings. The summed E-state index contributed by atoms with van der Waals surface area (Å²) >= 11 is 0. The van der Waals surface area contributed by atoms with Gasteiger partial charge < -0.3 is 11.5 Å². The zero-order chi connectivity index (χ0) is 21.3. The average molecular weight is 411 g/mol. The monoisotopic (exact) mass is 410 g/mol. The van der Waals surface area contributed by atoms with Gasteiger partial charge in [0.05, 0.1) is 6.17 Å². The highest BCUT2D eigenvalue weighted by Gasteiger charge is 1.97. The third-order valence-electron chi connectivity index (χ3n) is 6.39. The van der Waals surface area contributed by atoms with Crippen LogP contribution in [0, 0.1) is 0 Å². The summed E-state index contributed by atoms with van der Waals surface area (Å²) in [5.74, 6) is 0. The molecule has 0 fully saturated rings. The van der Waals surface area contributed by atoms with E-state index in [2.05, 4.69) is 6.92 Å². The van der Waals surface area contributed by atoms with Crippen LogP contribution in [0.3, 0.4) is 0 Å². The van der Waals surface area contributed by atoms with Crippen LogP contribution in [0.5, 0.6) is 0 Å². The molecule has 0 atom stereocenters. The van der Waals surface area contributed by atoms with E-state index < -0.39 is 0 Å². The first kappa shape index (κ1) is 28.9. The van der Waals surface area contributed by atoms with Gasteiger partial charge in [-0.2, -0.15) is 0 Å². The van der Waals surface area contributed by atoms with Gasteiger partial charge in [0, 0.05) is 0 Å². The molecule has 2 nitrogen and oxygen atoms in total. The van der Waals surface area contributed by atoms with Crippen LogP contribution in [-0.4, -0.2) is 6.17 Å². The number of hydrogen-bond acceptors (Lipinski definition) is 2. The maximum atomic E-state index is 5.57. The first-order chi connectivity index (χ1) is 14.3. The van der Waals surface area contributed by atoms with Gasteiger partial charge in [0.15, 0.2) is 0 Å². The average Bonchev–Trinajstić information content (AvgIpc) is 2.71. The summed E-state index contributed by atoms with van der Waals surface area (Å²) in [6.45, 7) is 2.30. The molecule has 0 aromatic heterocycles. The standard InChI is InChI=1S/C27H58N2/c1-2-3-4-5-6-7-8-9-10-11-12-13-14-15-16-17-18-19-20-21-22-23-24-25-26-27(28)29/h27H,2-26,28-29H2,1H3. The van der Waals surface area contributed by atoms with Crippen molar-refractivity contribution in [2.75, 3.05) is 0 Å². The molecule has 0 aliphatic carbocycles. The summed E-state index contributed by atoms with van der Waals surface area (Å²) in [4.78, 5) is 0. The van der Waals surface area contributed by atoms with Crippen LogP contribution in [0.25, 0.3) is 0 Å². The van der Waals surface area contributed by atoms with Gasteiger partial charge in [0.1, 0.15) is 0 Å². The lowest BCUT2D eigenvalue weighted by Gasteiger charge is -2.05. The molecule has 29 heavy (non-hydrogen) atoms. The minimum atomic E-state index is -0.102. The Hall–Kier alpha value is -0.0800. The summed E-state index contributed by atoms with van der Waals surface area (Å²) in [5, 5.41) is 0. The molecular formula is C27H58N2. The van der Waals surface area contributed by atoms with Crippen LogP contribution < -0.4 is 11.5 Å². The lowest BCUT2D eigenvalue weighted by molar-refractivity contribution is 0.511. The molecule has 0 spiro atoms. The zero-order valence-corrected chi connectivity index (χ0v) is 20.4. The molecule has 0 amide bonds. The lowest BCUT2D eigenvalue weighted by atomic mass is 10.0. The van der Waals surface area contributed by atoms with Crippen molar-refractivity contribution >= 4 is 0 Å². The molecule has 0 radical (unpaired) electrons. The number of unbranched alkanes of at least 4 members (excludes halogenated alkanes) is 23. The first-order valence-electron chi connectivity index (χ1n) is 13.8. The van der Waals surface area contributed by atoms with Crippen molar-refractivity contribution in [2.45, 2.75) is 174 Å². The minimum Gasteiger partial charge on any atom is -0.316 e. The van der Waals surface area contributed by atoms with Gasteiger partial charge in [0.2, 0.25) is 0 Å². The summed E-state index contributed by atoms with van der Waals surface area (Å²) in [6.07, 6.45) is 35.4. The van der Waals surface area contributed by atoms with Crippen molar-refractivity contribution < 1.29 is 0 Å². The van der Waals surface area contributed by atoms with Crippen LogP contribution in [0.1, 0.15) is 167 Å². The Labute approximate surface area is 185 Å². The molecule has 0 aliphatic heterocycles. The van der Waals surface area contributed by atoms with Crippen LogP contribution in [0.2, 0.25) is 0 Å². The quantitative estimate of drug-likeness (QED) is 0.116. The zero-order valence-electron chi connectivity index (χ0n) is 20.4. The van der Waals surface area contributed by atoms with Crippen LogP contribution in [0.4, 0.5) is 0 Å². The molecule has 2 heteroatoms. The van der Waals surface area contributed by atoms with E-state index in [9.17, 15) is 0 Å². The minimum absolute atomic E-state index is 0.102. The highest BCUT2D eigenvalue weighted by atomic mass is 14.8. The second-order valence-corrected chi connectivity index (χ2v) is 9.58. The van der Waals surface area contributed by atoms with E-state index in [-0.39, 0.29) is 6.17 Å². The summed E-state index contributed by atoms with van der Waals surface area (Å²) in [7, 11) is 0. The smallest absolute Gasteiger partial charge is 0.0520 e. The van der Waals surface area contributed by atoms with Crippen molar-refractivity contribution in [3.05, 3.63) is 0 Å². The Balaban J connectivity index is 2.98. The molecule has 0 aliphatic rings. The first-order valence-corrected chi connectivity index (χ1v) is 13.8. The Bertz CT molecular complexity index is 278. The van der Waals surface area contributed by atoms with Gasteiger partial charge in [-0.1, -0.05) is 161 Å². The van der Waals surface area contributed by atoms with Gasteiger partial charge in [-0.15, -0.1) is 0 Å². The molecule has 176 valence electrons. The molecule has 0 bridgehead atoms. The van der Waals surface area contributed by atoms with Crippen LogP contribution in [0.15, 0.2) is 0 Å². The second kappa shape index (κ2) is 26.0. The topological polar surface area (TPSA) is 52.0 Å². The highest BCUT2D eigenvalue weighted by molar-refractivity contribution is 4.53. The fraction of sp³-hybridized carbons (Fsp3) is 1.00. The van der Waals surface area contributed by atoms with Gasteiger partial charge in [-0.05, 0) is 6.42 Å². The van der Waals surface area contributed by atoms with E-state index in [1.54, 1.807) is 0 Å². The van der Waals surface area contributed by atoms with E-state index in [1.165, 1.54) is 154 Å². The third-order valence-corrected chi connectivity index (χ3v) is 6.39. The number of rotatable bonds is 25. The molecule has 0 heterocycles. The summed E-state index contributed by atoms with van der Waals surface area (Å²) in [6, 6.07) is 0. The maximum absolute atomic E-state index is 5.57. The second-order valence-electron chi connectivity index (χ2n) is 9.58. The highest BCUT2D eigenvalue weighted by Crippen LogP contribution is 2.15. The fourth-order valence-corrected chi connectivity index (χ4v) is 4.34. The Morgan fingerprint density at radius 1 is 0.345 bits per heavy atom. The lowest BCUT2D eigenvalue weighted by Crippen LogP contribution is -2.29. The normalized spacial score (nSPS) is 11.6. The van der Waals surface area contributed by atoms with Crippen molar-refractivity contribution in [1.29, 1.82) is 0 Å². The van der Waals surface area contributed by atoms with Crippen molar-refractivity contribution in [3.8, 4) is 0 Å². The Morgan fingerprint density at radius 3 is 0.759 bits per heavy atom. The summed E-state index contributed by atoms with van der Waals surface area (Å²) < 4.78 is 0. The molecule has 0 unspecified atom stereocenters. The summed E-state index contributed by atoms with van der Waals surface area (Å²) in [5.41, 5.74) is 11.1. The van der Waals surface area contributed by atoms with Gasteiger partial charge in [-0.3, -0.25) is 0 Å². The Morgan fingerprint density at radius 2 is 0.552 bits per heavy atom. The third kappa shape index (κ3) is 27.9. The van der Waals surface area contributed by atoms with Crippen molar-refractivity contribution in [1.82, 2.24) is 0 Å². The molecule has 0 rings (SSSR count). The molecule has 4 N–H and O–H groups in total. The predicted molar refractivity (Wildman–Crippen MR) is 133 cm³/mol. The number of nitrogens with two attached hydrogens (primary N) is 2. The largest absolute Gasteiger partial charge is 0.316 e. The SMILES string of the molecule is CCCCCCCCCCCCCCCCCCCCCCCCCCC(N)N. The Kier molecular flexibility index (Phi) is 25.9. The van der Waals surface area contributed by atoms with E-state index in [0.29, 0.717) is 0 Å². The molecule has 0 aromatic carbocycles. The van der Waals surface area contributed by atoms with Gasteiger partial charge >= 0.3 is 0 Å². The molecule has 0 saturated heterocycles. The van der Waals surface area contributed by atoms with E-state index in [1.807, 2.05) is 0 Å². The van der Waals surface area contributed by atoms with E-state index in [4.69, 9.17) is 11.5 Å². The van der Waals surface area contributed by atoms with Crippen molar-refractivity contribution in [3.63, 3.8) is 0 Å². The van der Waals surface area contributed by atoms with Crippen LogP contribution in [-0.2, 0) is 0 Å². The number of hydrogen-bond donors (Lipinski definition) is 2. The fourth-order valence-electron chi connectivity index (χ4n) is 4.34. The van der Waals surface area contributed by atoms with Gasteiger partial charge in [-0.25, -0.2) is 0 Å². The maximum Gasteiger partial charge on any atom is 0.0520 e. The van der Waals surface area contributed by atoms with E-state index >= 15 is 0 Å². The predicted octanol–water partition coefficient (Wildman–Crippen LogP) is 9.00. The van der Waals surface area contributed by atoms with E-state index in [0.717, 1.165) is 6.42 Å². The molecular weight excluding hydrogens is 352 g/mol. The van der Waals surface area contributed by atoms with Crippen LogP contribution >= 0.6 is 0 Å². The molecule has 0 saturated carbocycles.